The molecular formula is C28H35F2NO2. The quantitative estimate of drug-likeness (QED) is 0.305. The first-order valence-corrected chi connectivity index (χ1v) is 12.4. The fourth-order valence-electron chi connectivity index (χ4n) is 4.51. The van der Waals surface area contributed by atoms with Crippen LogP contribution in [0.15, 0.2) is 36.4 Å². The first-order chi connectivity index (χ1) is 16.1. The maximum absolute atomic E-state index is 14.0. The minimum atomic E-state index is -1.14. The molecule has 1 saturated carbocycles. The van der Waals surface area contributed by atoms with Crippen molar-refractivity contribution in [3.05, 3.63) is 59.2 Å². The molecule has 0 aliphatic heterocycles. The Labute approximate surface area is 196 Å². The molecule has 1 aliphatic carbocycles. The molecule has 0 spiro atoms. The second-order valence-corrected chi connectivity index (χ2v) is 9.06. The predicted molar refractivity (Wildman–Crippen MR) is 127 cm³/mol. The molecule has 0 bridgehead atoms. The van der Waals surface area contributed by atoms with Gasteiger partial charge in [-0.2, -0.15) is 9.65 Å². The van der Waals surface area contributed by atoms with Gasteiger partial charge in [0.05, 0.1) is 18.8 Å². The molecule has 0 unspecified atom stereocenters. The standard InChI is InChI=1S/C28H35F2NO2/c1-2-3-4-5-6-7-18-32-25-15-12-23(13-16-25)22-10-8-21(9-11-22)20-33-26-17-14-24(19-31)27(29)28(26)30/h12-17,21-22H,2-11,18,20H2,1H3/t21-,22-. The predicted octanol–water partition coefficient (Wildman–Crippen LogP) is 7.93. The summed E-state index contributed by atoms with van der Waals surface area (Å²) in [6.45, 7) is 3.37. The number of halogens is 2. The zero-order valence-electron chi connectivity index (χ0n) is 19.6. The Morgan fingerprint density at radius 1 is 0.848 bits per heavy atom. The average molecular weight is 456 g/mol. The van der Waals surface area contributed by atoms with Gasteiger partial charge in [0.1, 0.15) is 11.8 Å². The first-order valence-electron chi connectivity index (χ1n) is 12.4. The van der Waals surface area contributed by atoms with Crippen LogP contribution in [0.25, 0.3) is 0 Å². The van der Waals surface area contributed by atoms with Crippen LogP contribution >= 0.6 is 0 Å². The summed E-state index contributed by atoms with van der Waals surface area (Å²) >= 11 is 0. The Morgan fingerprint density at radius 2 is 1.55 bits per heavy atom. The molecule has 0 saturated heterocycles. The van der Waals surface area contributed by atoms with Crippen molar-refractivity contribution in [2.45, 2.75) is 77.0 Å². The monoisotopic (exact) mass is 455 g/mol. The van der Waals surface area contributed by atoms with Crippen molar-refractivity contribution in [1.82, 2.24) is 0 Å². The van der Waals surface area contributed by atoms with Crippen LogP contribution in [-0.2, 0) is 0 Å². The highest BCUT2D eigenvalue weighted by molar-refractivity contribution is 5.37. The molecule has 0 aromatic heterocycles. The molecule has 1 aliphatic rings. The van der Waals surface area contributed by atoms with Crippen molar-refractivity contribution in [2.75, 3.05) is 13.2 Å². The van der Waals surface area contributed by atoms with Crippen molar-refractivity contribution in [2.24, 2.45) is 5.92 Å². The number of nitriles is 1. The van der Waals surface area contributed by atoms with Crippen LogP contribution in [0.3, 0.4) is 0 Å². The molecular weight excluding hydrogens is 420 g/mol. The van der Waals surface area contributed by atoms with Gasteiger partial charge in [-0.3, -0.25) is 0 Å². The van der Waals surface area contributed by atoms with Gasteiger partial charge in [-0.25, -0.2) is 4.39 Å². The van der Waals surface area contributed by atoms with Crippen LogP contribution in [0.1, 0.15) is 88.2 Å². The van der Waals surface area contributed by atoms with Crippen LogP contribution < -0.4 is 9.47 Å². The molecule has 0 N–H and O–H groups in total. The average Bonchev–Trinajstić information content (AvgIpc) is 2.85. The lowest BCUT2D eigenvalue weighted by molar-refractivity contribution is 0.192. The Kier molecular flexibility index (Phi) is 10.00. The Bertz CT molecular complexity index is 899. The molecule has 3 nitrogen and oxygen atoms in total. The van der Waals surface area contributed by atoms with Gasteiger partial charge in [0.25, 0.3) is 0 Å². The van der Waals surface area contributed by atoms with Gasteiger partial charge in [0, 0.05) is 0 Å². The number of unbranched alkanes of at least 4 members (excludes halogenated alkanes) is 5. The molecule has 0 radical (unpaired) electrons. The number of hydrogen-bond acceptors (Lipinski definition) is 3. The van der Waals surface area contributed by atoms with Crippen molar-refractivity contribution in [3.8, 4) is 17.6 Å². The highest BCUT2D eigenvalue weighted by Crippen LogP contribution is 2.37. The normalized spacial score (nSPS) is 18.0. The number of rotatable bonds is 12. The summed E-state index contributed by atoms with van der Waals surface area (Å²) in [6.07, 6.45) is 11.6. The third kappa shape index (κ3) is 7.45. The van der Waals surface area contributed by atoms with E-state index in [1.807, 2.05) is 0 Å². The highest BCUT2D eigenvalue weighted by atomic mass is 19.2. The fraction of sp³-hybridized carbons (Fsp3) is 0.536. The van der Waals surface area contributed by atoms with E-state index < -0.39 is 11.6 Å². The molecule has 33 heavy (non-hydrogen) atoms. The van der Waals surface area contributed by atoms with Crippen molar-refractivity contribution >= 4 is 0 Å². The summed E-state index contributed by atoms with van der Waals surface area (Å²) in [6, 6.07) is 12.7. The second-order valence-electron chi connectivity index (χ2n) is 9.06. The zero-order valence-corrected chi connectivity index (χ0v) is 19.6. The third-order valence-corrected chi connectivity index (χ3v) is 6.61. The number of hydrogen-bond donors (Lipinski definition) is 0. The van der Waals surface area contributed by atoms with Crippen molar-refractivity contribution in [1.29, 1.82) is 5.26 Å². The second kappa shape index (κ2) is 13.2. The van der Waals surface area contributed by atoms with Gasteiger partial charge >= 0.3 is 0 Å². The molecule has 0 amide bonds. The minimum Gasteiger partial charge on any atom is -0.494 e. The molecule has 2 aromatic rings. The molecule has 1 fully saturated rings. The Balaban J connectivity index is 1.37. The van der Waals surface area contributed by atoms with Crippen molar-refractivity contribution < 1.29 is 18.3 Å². The number of ether oxygens (including phenoxy) is 2. The summed E-state index contributed by atoms with van der Waals surface area (Å²) in [7, 11) is 0. The molecule has 5 heteroatoms. The maximum Gasteiger partial charge on any atom is 0.201 e. The Hall–Kier alpha value is -2.61. The van der Waals surface area contributed by atoms with E-state index in [-0.39, 0.29) is 11.3 Å². The summed E-state index contributed by atoms with van der Waals surface area (Å²) in [4.78, 5) is 0. The van der Waals surface area contributed by atoms with Crippen molar-refractivity contribution in [3.63, 3.8) is 0 Å². The SMILES string of the molecule is CCCCCCCCOc1ccc([C@H]2CC[C@H](COc3ccc(C#N)c(F)c3F)CC2)cc1. The van der Waals surface area contributed by atoms with Gasteiger partial charge in [-0.1, -0.05) is 51.2 Å². The van der Waals surface area contributed by atoms with E-state index in [1.165, 1.54) is 49.8 Å². The zero-order chi connectivity index (χ0) is 23.5. The highest BCUT2D eigenvalue weighted by Gasteiger charge is 2.24. The van der Waals surface area contributed by atoms with Gasteiger partial charge in [-0.05, 0) is 73.8 Å². The molecule has 0 heterocycles. The van der Waals surface area contributed by atoms with Gasteiger partial charge in [0.2, 0.25) is 5.82 Å². The van der Waals surface area contributed by atoms with Crippen LogP contribution in [0.2, 0.25) is 0 Å². The minimum absolute atomic E-state index is 0.120. The largest absolute Gasteiger partial charge is 0.494 e. The van der Waals surface area contributed by atoms with Crippen LogP contribution in [0, 0.1) is 28.9 Å². The van der Waals surface area contributed by atoms with E-state index in [0.717, 1.165) is 44.5 Å². The van der Waals surface area contributed by atoms with E-state index in [9.17, 15) is 8.78 Å². The number of benzene rings is 2. The lowest BCUT2D eigenvalue weighted by atomic mass is 9.79. The van der Waals surface area contributed by atoms with Crippen LogP contribution in [-0.4, -0.2) is 13.2 Å². The smallest absolute Gasteiger partial charge is 0.201 e. The first kappa shape index (κ1) is 25.0. The summed E-state index contributed by atoms with van der Waals surface area (Å²) < 4.78 is 39.2. The van der Waals surface area contributed by atoms with Gasteiger partial charge in [0.15, 0.2) is 11.6 Å². The van der Waals surface area contributed by atoms with E-state index in [1.54, 1.807) is 6.07 Å². The summed E-state index contributed by atoms with van der Waals surface area (Å²) in [5.41, 5.74) is 1.03. The molecule has 3 rings (SSSR count). The maximum atomic E-state index is 14.0. The summed E-state index contributed by atoms with van der Waals surface area (Å²) in [5.74, 6) is -0.576. The molecule has 2 aromatic carbocycles. The van der Waals surface area contributed by atoms with Gasteiger partial charge < -0.3 is 9.47 Å². The van der Waals surface area contributed by atoms with E-state index in [0.29, 0.717) is 18.4 Å². The topological polar surface area (TPSA) is 42.2 Å². The lowest BCUT2D eigenvalue weighted by Gasteiger charge is -2.29. The van der Waals surface area contributed by atoms with Gasteiger partial charge in [-0.15, -0.1) is 0 Å². The van der Waals surface area contributed by atoms with E-state index in [2.05, 4.69) is 31.2 Å². The molecule has 0 atom stereocenters. The molecule has 178 valence electrons. The van der Waals surface area contributed by atoms with Crippen LogP contribution in [0.4, 0.5) is 8.78 Å². The number of nitrogens with zero attached hydrogens (tertiary/aromatic N) is 1. The Morgan fingerprint density at radius 3 is 2.24 bits per heavy atom. The lowest BCUT2D eigenvalue weighted by Crippen LogP contribution is -2.19. The summed E-state index contributed by atoms with van der Waals surface area (Å²) in [5, 5.41) is 8.78. The van der Waals surface area contributed by atoms with E-state index >= 15 is 0 Å². The van der Waals surface area contributed by atoms with Crippen LogP contribution in [0.5, 0.6) is 11.5 Å². The van der Waals surface area contributed by atoms with E-state index in [4.69, 9.17) is 14.7 Å². The fourth-order valence-corrected chi connectivity index (χ4v) is 4.51. The third-order valence-electron chi connectivity index (χ3n) is 6.61.